The summed E-state index contributed by atoms with van der Waals surface area (Å²) in [6.07, 6.45) is 5.26. The number of hydrogen-bond acceptors (Lipinski definition) is 4. The molecule has 0 spiro atoms. The molecule has 1 aromatic rings. The molecule has 0 aromatic heterocycles. The van der Waals surface area contributed by atoms with Gasteiger partial charge < -0.3 is 19.7 Å². The number of morpholine rings is 1. The van der Waals surface area contributed by atoms with Crippen molar-refractivity contribution in [3.63, 3.8) is 0 Å². The molecule has 2 saturated heterocycles. The van der Waals surface area contributed by atoms with Crippen LogP contribution in [0.15, 0.2) is 35.3 Å². The Balaban J connectivity index is 0.00000272. The highest BCUT2D eigenvalue weighted by Crippen LogP contribution is 2.44. The molecule has 2 aliphatic heterocycles. The largest absolute Gasteiger partial charge is 0.385 e. The third kappa shape index (κ3) is 6.12. The molecule has 1 saturated carbocycles. The lowest BCUT2D eigenvalue weighted by Gasteiger charge is -2.41. The first-order chi connectivity index (χ1) is 14.7. The lowest BCUT2D eigenvalue weighted by atomic mass is 9.67. The second-order valence-corrected chi connectivity index (χ2v) is 9.10. The highest BCUT2D eigenvalue weighted by molar-refractivity contribution is 14.0. The number of ether oxygens (including phenoxy) is 2. The molecule has 0 bridgehead atoms. The summed E-state index contributed by atoms with van der Waals surface area (Å²) in [6.45, 7) is 9.49. The first kappa shape index (κ1) is 24.7. The number of nitrogens with one attached hydrogen (secondary N) is 1. The topological polar surface area (TPSA) is 49.3 Å². The minimum Gasteiger partial charge on any atom is -0.385 e. The molecular formula is C24H39IN4O2. The Labute approximate surface area is 204 Å². The fourth-order valence-electron chi connectivity index (χ4n) is 5.10. The highest BCUT2D eigenvalue weighted by atomic mass is 127. The molecule has 7 heteroatoms. The highest BCUT2D eigenvalue weighted by Gasteiger charge is 2.42. The zero-order valence-electron chi connectivity index (χ0n) is 19.1. The van der Waals surface area contributed by atoms with E-state index in [0.717, 1.165) is 64.9 Å². The van der Waals surface area contributed by atoms with E-state index in [1.807, 2.05) is 0 Å². The molecule has 174 valence electrons. The molecule has 1 aromatic carbocycles. The number of rotatable bonds is 8. The van der Waals surface area contributed by atoms with Crippen molar-refractivity contribution in [3.05, 3.63) is 35.9 Å². The van der Waals surface area contributed by atoms with Crippen molar-refractivity contribution in [2.24, 2.45) is 10.4 Å². The summed E-state index contributed by atoms with van der Waals surface area (Å²) in [5.74, 6) is 1.05. The number of likely N-dealkylation sites (tertiary alicyclic amines) is 1. The van der Waals surface area contributed by atoms with Crippen LogP contribution in [-0.4, -0.2) is 81.0 Å². The van der Waals surface area contributed by atoms with Crippen LogP contribution in [0.2, 0.25) is 0 Å². The third-order valence-corrected chi connectivity index (χ3v) is 7.09. The van der Waals surface area contributed by atoms with Crippen molar-refractivity contribution in [1.82, 2.24) is 15.1 Å². The number of halogens is 1. The molecule has 4 rings (SSSR count). The van der Waals surface area contributed by atoms with Crippen LogP contribution < -0.4 is 5.32 Å². The van der Waals surface area contributed by atoms with Crippen LogP contribution in [-0.2, 0) is 16.0 Å². The summed E-state index contributed by atoms with van der Waals surface area (Å²) in [5, 5.41) is 3.55. The lowest BCUT2D eigenvalue weighted by Crippen LogP contribution is -2.50. The number of fused-ring (bicyclic) bond motifs is 1. The fourth-order valence-corrected chi connectivity index (χ4v) is 5.10. The normalized spacial score (nSPS) is 25.5. The number of nitrogens with zero attached hydrogens (tertiary/aromatic N) is 3. The number of aliphatic imine (C=N–C) groups is 1. The Bertz CT molecular complexity index is 698. The maximum atomic E-state index is 6.18. The van der Waals surface area contributed by atoms with Gasteiger partial charge in [-0.2, -0.15) is 0 Å². The summed E-state index contributed by atoms with van der Waals surface area (Å²) < 4.78 is 11.5. The van der Waals surface area contributed by atoms with E-state index in [-0.39, 0.29) is 30.1 Å². The Hall–Kier alpha value is -0.900. The van der Waals surface area contributed by atoms with Crippen LogP contribution in [0.3, 0.4) is 0 Å². The molecule has 31 heavy (non-hydrogen) atoms. The van der Waals surface area contributed by atoms with Gasteiger partial charge in [-0.05, 0) is 37.2 Å². The number of guanidine groups is 1. The third-order valence-electron chi connectivity index (χ3n) is 7.09. The summed E-state index contributed by atoms with van der Waals surface area (Å²) in [5.41, 5.74) is 1.72. The monoisotopic (exact) mass is 542 g/mol. The van der Waals surface area contributed by atoms with Gasteiger partial charge in [0.15, 0.2) is 5.96 Å². The minimum atomic E-state index is 0. The van der Waals surface area contributed by atoms with E-state index in [4.69, 9.17) is 14.5 Å². The van der Waals surface area contributed by atoms with Gasteiger partial charge in [0.2, 0.25) is 0 Å². The average molecular weight is 543 g/mol. The second-order valence-electron chi connectivity index (χ2n) is 9.10. The molecule has 2 atom stereocenters. The Morgan fingerprint density at radius 1 is 1.26 bits per heavy atom. The molecule has 0 amide bonds. The average Bonchev–Trinajstić information content (AvgIpc) is 3.18. The zero-order chi connectivity index (χ0) is 20.8. The number of benzene rings is 1. The van der Waals surface area contributed by atoms with E-state index in [1.54, 1.807) is 7.11 Å². The van der Waals surface area contributed by atoms with E-state index in [2.05, 4.69) is 52.4 Å². The maximum Gasteiger partial charge on any atom is 0.194 e. The van der Waals surface area contributed by atoms with Crippen LogP contribution in [0, 0.1) is 5.41 Å². The smallest absolute Gasteiger partial charge is 0.194 e. The summed E-state index contributed by atoms with van der Waals surface area (Å²) in [7, 11) is 1.80. The van der Waals surface area contributed by atoms with Crippen LogP contribution >= 0.6 is 24.0 Å². The van der Waals surface area contributed by atoms with Crippen molar-refractivity contribution < 1.29 is 9.47 Å². The summed E-state index contributed by atoms with van der Waals surface area (Å²) in [6, 6.07) is 11.2. The van der Waals surface area contributed by atoms with Gasteiger partial charge in [0.25, 0.3) is 0 Å². The van der Waals surface area contributed by atoms with Crippen LogP contribution in [0.4, 0.5) is 0 Å². The Morgan fingerprint density at radius 3 is 2.74 bits per heavy atom. The van der Waals surface area contributed by atoms with Crippen molar-refractivity contribution >= 4 is 29.9 Å². The van der Waals surface area contributed by atoms with Gasteiger partial charge in [0.05, 0.1) is 18.8 Å². The fraction of sp³-hybridized carbons (Fsp3) is 0.708. The van der Waals surface area contributed by atoms with E-state index in [0.29, 0.717) is 11.5 Å². The molecule has 1 aliphatic carbocycles. The SMILES string of the molecule is CCNC(=NCC1(CCOC)CCC1)N1CC2OCCN(Cc3ccccc3)C2C1.I. The molecular weight excluding hydrogens is 503 g/mol. The first-order valence-electron chi connectivity index (χ1n) is 11.6. The van der Waals surface area contributed by atoms with E-state index < -0.39 is 0 Å². The molecule has 3 fully saturated rings. The summed E-state index contributed by atoms with van der Waals surface area (Å²) in [4.78, 5) is 10.1. The van der Waals surface area contributed by atoms with Crippen molar-refractivity contribution in [1.29, 1.82) is 0 Å². The maximum absolute atomic E-state index is 6.18. The van der Waals surface area contributed by atoms with Gasteiger partial charge in [-0.1, -0.05) is 36.8 Å². The molecule has 3 aliphatic rings. The number of methoxy groups -OCH3 is 1. The molecule has 6 nitrogen and oxygen atoms in total. The van der Waals surface area contributed by atoms with Crippen molar-refractivity contribution in [2.45, 2.75) is 51.3 Å². The van der Waals surface area contributed by atoms with Gasteiger partial charge in [0, 0.05) is 53.0 Å². The second kappa shape index (κ2) is 11.8. The summed E-state index contributed by atoms with van der Waals surface area (Å²) >= 11 is 0. The van der Waals surface area contributed by atoms with Gasteiger partial charge in [-0.25, -0.2) is 0 Å². The van der Waals surface area contributed by atoms with Crippen LogP contribution in [0.25, 0.3) is 0 Å². The molecule has 2 heterocycles. The minimum absolute atomic E-state index is 0. The van der Waals surface area contributed by atoms with E-state index in [9.17, 15) is 0 Å². The standard InChI is InChI=1S/C24H38N4O2.HI/c1-3-25-23(26-19-24(10-7-11-24)12-14-29-2)28-17-21-22(18-28)30-15-13-27(21)16-20-8-5-4-6-9-20;/h4-6,8-9,21-22H,3,7,10-19H2,1-2H3,(H,25,26);1H. The molecule has 1 N–H and O–H groups in total. The Morgan fingerprint density at radius 2 is 2.06 bits per heavy atom. The van der Waals surface area contributed by atoms with Crippen LogP contribution in [0.1, 0.15) is 38.2 Å². The van der Waals surface area contributed by atoms with Crippen molar-refractivity contribution in [3.8, 4) is 0 Å². The Kier molecular flexibility index (Phi) is 9.43. The van der Waals surface area contributed by atoms with Gasteiger partial charge in [0.1, 0.15) is 0 Å². The molecule has 0 radical (unpaired) electrons. The van der Waals surface area contributed by atoms with Gasteiger partial charge in [-0.15, -0.1) is 24.0 Å². The number of hydrogen-bond donors (Lipinski definition) is 1. The first-order valence-corrected chi connectivity index (χ1v) is 11.6. The quantitative estimate of drug-likeness (QED) is 0.310. The van der Waals surface area contributed by atoms with Gasteiger partial charge in [-0.3, -0.25) is 9.89 Å². The predicted molar refractivity (Wildman–Crippen MR) is 136 cm³/mol. The van der Waals surface area contributed by atoms with E-state index in [1.165, 1.54) is 24.8 Å². The van der Waals surface area contributed by atoms with Crippen molar-refractivity contribution in [2.75, 3.05) is 53.0 Å². The van der Waals surface area contributed by atoms with Gasteiger partial charge >= 0.3 is 0 Å². The van der Waals surface area contributed by atoms with E-state index >= 15 is 0 Å². The molecule has 2 unspecified atom stereocenters. The predicted octanol–water partition coefficient (Wildman–Crippen LogP) is 3.36. The lowest BCUT2D eigenvalue weighted by molar-refractivity contribution is -0.0502. The van der Waals surface area contributed by atoms with Crippen LogP contribution in [0.5, 0.6) is 0 Å². The zero-order valence-corrected chi connectivity index (χ0v) is 21.4.